The van der Waals surface area contributed by atoms with Crippen molar-refractivity contribution in [1.29, 1.82) is 0 Å². The molecule has 4 aromatic rings. The van der Waals surface area contributed by atoms with Crippen LogP contribution in [0.25, 0.3) is 22.5 Å². The van der Waals surface area contributed by atoms with E-state index in [9.17, 15) is 9.59 Å². The van der Waals surface area contributed by atoms with E-state index in [0.29, 0.717) is 62.2 Å². The highest BCUT2D eigenvalue weighted by Crippen LogP contribution is 2.38. The van der Waals surface area contributed by atoms with Gasteiger partial charge in [-0.25, -0.2) is 0 Å². The number of amides is 2. The molecule has 202 valence electrons. The molecule has 0 spiro atoms. The third-order valence-corrected chi connectivity index (χ3v) is 7.88. The van der Waals surface area contributed by atoms with Crippen molar-refractivity contribution in [2.75, 3.05) is 26.2 Å². The zero-order chi connectivity index (χ0) is 27.8. The molecule has 39 heavy (non-hydrogen) atoms. The lowest BCUT2D eigenvalue weighted by atomic mass is 10.0. The largest absolute Gasteiger partial charge is 0.360 e. The van der Waals surface area contributed by atoms with Gasteiger partial charge in [0.05, 0.1) is 20.1 Å². The van der Waals surface area contributed by atoms with Crippen LogP contribution < -0.4 is 0 Å². The molecule has 0 bridgehead atoms. The van der Waals surface area contributed by atoms with Gasteiger partial charge in [-0.2, -0.15) is 0 Å². The lowest BCUT2D eigenvalue weighted by molar-refractivity contribution is 0.0717. The topological polar surface area (TPSA) is 92.7 Å². The van der Waals surface area contributed by atoms with Gasteiger partial charge in [-0.05, 0) is 44.5 Å². The molecule has 0 radical (unpaired) electrons. The number of nitrogens with zero attached hydrogens (tertiary/aromatic N) is 4. The molecule has 0 atom stereocenters. The fourth-order valence-corrected chi connectivity index (χ4v) is 5.83. The molecule has 12 heteroatoms. The molecule has 2 aromatic heterocycles. The first-order chi connectivity index (χ1) is 18.7. The van der Waals surface area contributed by atoms with Crippen molar-refractivity contribution in [1.82, 2.24) is 20.1 Å². The summed E-state index contributed by atoms with van der Waals surface area (Å²) in [5, 5.41) is 9.61. The van der Waals surface area contributed by atoms with Crippen LogP contribution in [-0.4, -0.2) is 58.1 Å². The number of hydrogen-bond donors (Lipinski definition) is 0. The minimum Gasteiger partial charge on any atom is -0.360 e. The molecule has 0 saturated carbocycles. The van der Waals surface area contributed by atoms with Gasteiger partial charge < -0.3 is 18.8 Å². The molecule has 2 aromatic carbocycles. The number of rotatable bonds is 4. The van der Waals surface area contributed by atoms with Crippen LogP contribution in [0.15, 0.2) is 45.4 Å². The zero-order valence-corrected chi connectivity index (χ0v) is 24.0. The number of carbonyl (C=O) groups excluding carboxylic acids is 2. The second-order valence-electron chi connectivity index (χ2n) is 9.06. The van der Waals surface area contributed by atoms with Crippen LogP contribution in [0.4, 0.5) is 0 Å². The predicted molar refractivity (Wildman–Crippen MR) is 150 cm³/mol. The zero-order valence-electron chi connectivity index (χ0n) is 20.9. The minimum absolute atomic E-state index is 0.279. The highest BCUT2D eigenvalue weighted by molar-refractivity contribution is 6.40. The molecule has 1 aliphatic rings. The molecule has 1 aliphatic heterocycles. The molecular formula is C27H22Cl4N4O4. The Labute approximate surface area is 244 Å². The molecule has 0 N–H and O–H groups in total. The molecule has 2 amide bonds. The fourth-order valence-electron chi connectivity index (χ4n) is 4.68. The smallest absolute Gasteiger partial charge is 0.259 e. The van der Waals surface area contributed by atoms with E-state index >= 15 is 0 Å². The first-order valence-electron chi connectivity index (χ1n) is 12.1. The summed E-state index contributed by atoms with van der Waals surface area (Å²) in [5.74, 6) is 0.145. The molecule has 5 rings (SSSR count). The lowest BCUT2D eigenvalue weighted by Crippen LogP contribution is -2.37. The van der Waals surface area contributed by atoms with Crippen LogP contribution in [-0.2, 0) is 0 Å². The Bertz CT molecular complexity index is 1430. The van der Waals surface area contributed by atoms with Gasteiger partial charge in [-0.3, -0.25) is 9.59 Å². The number of aryl methyl sites for hydroxylation is 2. The monoisotopic (exact) mass is 606 g/mol. The van der Waals surface area contributed by atoms with Crippen molar-refractivity contribution < 1.29 is 18.6 Å². The van der Waals surface area contributed by atoms with Crippen LogP contribution in [0.5, 0.6) is 0 Å². The van der Waals surface area contributed by atoms with Gasteiger partial charge in [0, 0.05) is 37.3 Å². The van der Waals surface area contributed by atoms with Crippen LogP contribution in [0.3, 0.4) is 0 Å². The van der Waals surface area contributed by atoms with Gasteiger partial charge in [-0.15, -0.1) is 0 Å². The minimum atomic E-state index is -0.279. The molecular weight excluding hydrogens is 586 g/mol. The molecule has 0 aliphatic carbocycles. The summed E-state index contributed by atoms with van der Waals surface area (Å²) in [6.45, 7) is 4.76. The third kappa shape index (κ3) is 5.14. The molecule has 0 unspecified atom stereocenters. The summed E-state index contributed by atoms with van der Waals surface area (Å²) < 4.78 is 10.8. The quantitative estimate of drug-likeness (QED) is 0.243. The third-order valence-electron chi connectivity index (χ3n) is 6.62. The number of hydrogen-bond acceptors (Lipinski definition) is 6. The maximum atomic E-state index is 13.7. The van der Waals surface area contributed by atoms with Gasteiger partial charge in [0.15, 0.2) is 0 Å². The normalized spacial score (nSPS) is 14.0. The molecule has 3 heterocycles. The van der Waals surface area contributed by atoms with Crippen molar-refractivity contribution >= 4 is 58.2 Å². The van der Waals surface area contributed by atoms with Crippen LogP contribution in [0, 0.1) is 13.8 Å². The van der Waals surface area contributed by atoms with Gasteiger partial charge in [0.1, 0.15) is 34.0 Å². The van der Waals surface area contributed by atoms with Crippen molar-refractivity contribution in [2.45, 2.75) is 20.3 Å². The summed E-state index contributed by atoms with van der Waals surface area (Å²) in [4.78, 5) is 30.8. The number of benzene rings is 2. The van der Waals surface area contributed by atoms with Crippen molar-refractivity contribution in [3.8, 4) is 22.5 Å². The van der Waals surface area contributed by atoms with Gasteiger partial charge in [0.25, 0.3) is 11.8 Å². The Balaban J connectivity index is 1.40. The lowest BCUT2D eigenvalue weighted by Gasteiger charge is -2.22. The number of carbonyl (C=O) groups is 2. The molecule has 8 nitrogen and oxygen atoms in total. The Morgan fingerprint density at radius 1 is 0.667 bits per heavy atom. The first-order valence-corrected chi connectivity index (χ1v) is 13.6. The molecule has 1 fully saturated rings. The maximum absolute atomic E-state index is 13.7. The Kier molecular flexibility index (Phi) is 7.91. The van der Waals surface area contributed by atoms with E-state index in [0.717, 1.165) is 0 Å². The van der Waals surface area contributed by atoms with Gasteiger partial charge in [0.2, 0.25) is 0 Å². The standard InChI is InChI=1S/C27H22Cl4N4O4/c1-14-20(24(32-38-14)22-16(28)6-3-7-17(22)29)26(36)34-10-5-11-35(13-12-34)27(37)21-15(2)39-33-25(21)23-18(30)8-4-9-19(23)31/h3-4,6-9H,5,10-13H2,1-2H3. The van der Waals surface area contributed by atoms with Crippen molar-refractivity contribution in [2.24, 2.45) is 0 Å². The average Bonchev–Trinajstić information content (AvgIpc) is 3.35. The molecule has 1 saturated heterocycles. The number of aromatic nitrogens is 2. The predicted octanol–water partition coefficient (Wildman–Crippen LogP) is 7.22. The maximum Gasteiger partial charge on any atom is 0.259 e. The van der Waals surface area contributed by atoms with Gasteiger partial charge >= 0.3 is 0 Å². The van der Waals surface area contributed by atoms with Crippen LogP contribution in [0.1, 0.15) is 38.7 Å². The first kappa shape index (κ1) is 27.5. The Morgan fingerprint density at radius 3 is 1.38 bits per heavy atom. The fraction of sp³-hybridized carbons (Fsp3) is 0.259. The Morgan fingerprint density at radius 2 is 1.03 bits per heavy atom. The van der Waals surface area contributed by atoms with E-state index in [4.69, 9.17) is 55.4 Å². The van der Waals surface area contributed by atoms with E-state index in [1.54, 1.807) is 60.0 Å². The summed E-state index contributed by atoms with van der Waals surface area (Å²) in [5.41, 5.74) is 2.01. The Hall–Kier alpha value is -3.04. The van der Waals surface area contributed by atoms with E-state index in [2.05, 4.69) is 10.3 Å². The SMILES string of the molecule is Cc1onc(-c2c(Cl)cccc2Cl)c1C(=O)N1CCCN(C(=O)c2c(-c3c(Cl)cccc3Cl)noc2C)CC1. The average molecular weight is 608 g/mol. The van der Waals surface area contributed by atoms with Gasteiger partial charge in [-0.1, -0.05) is 68.8 Å². The second kappa shape index (κ2) is 11.2. The van der Waals surface area contributed by atoms with Crippen LogP contribution >= 0.6 is 46.4 Å². The second-order valence-corrected chi connectivity index (χ2v) is 10.7. The van der Waals surface area contributed by atoms with Crippen molar-refractivity contribution in [3.63, 3.8) is 0 Å². The highest BCUT2D eigenvalue weighted by atomic mass is 35.5. The van der Waals surface area contributed by atoms with E-state index in [-0.39, 0.29) is 47.4 Å². The van der Waals surface area contributed by atoms with E-state index in [1.807, 2.05) is 0 Å². The summed E-state index contributed by atoms with van der Waals surface area (Å²) in [6, 6.07) is 10.1. The van der Waals surface area contributed by atoms with E-state index in [1.165, 1.54) is 0 Å². The number of halogens is 4. The summed E-state index contributed by atoms with van der Waals surface area (Å²) >= 11 is 25.6. The van der Waals surface area contributed by atoms with E-state index < -0.39 is 0 Å². The summed E-state index contributed by atoms with van der Waals surface area (Å²) in [7, 11) is 0. The highest BCUT2D eigenvalue weighted by Gasteiger charge is 2.32. The van der Waals surface area contributed by atoms with Crippen LogP contribution in [0.2, 0.25) is 20.1 Å². The summed E-state index contributed by atoms with van der Waals surface area (Å²) in [6.07, 6.45) is 0.552. The van der Waals surface area contributed by atoms with Crippen molar-refractivity contribution in [3.05, 3.63) is 79.1 Å².